The summed E-state index contributed by atoms with van der Waals surface area (Å²) in [6.45, 7) is 0. The fourth-order valence-corrected chi connectivity index (χ4v) is 2.15. The number of nitrogens with one attached hydrogen (secondary N) is 1. The van der Waals surface area contributed by atoms with Gasteiger partial charge < -0.3 is 10.4 Å². The van der Waals surface area contributed by atoms with Gasteiger partial charge in [-0.05, 0) is 42.0 Å². The second kappa shape index (κ2) is 7.40. The lowest BCUT2D eigenvalue weighted by molar-refractivity contribution is -0.137. The highest BCUT2D eigenvalue weighted by molar-refractivity contribution is 6.31. The Morgan fingerprint density at radius 3 is 2.48 bits per heavy atom. The van der Waals surface area contributed by atoms with Crippen LogP contribution in [0.5, 0.6) is 0 Å². The summed E-state index contributed by atoms with van der Waals surface area (Å²) in [5.41, 5.74) is -0.625. The van der Waals surface area contributed by atoms with Gasteiger partial charge >= 0.3 is 12.1 Å². The molecule has 4 nitrogen and oxygen atoms in total. The maximum atomic E-state index is 12.7. The molecular weight excluding hydrogens is 359 g/mol. The number of rotatable bonds is 4. The lowest BCUT2D eigenvalue weighted by Crippen LogP contribution is -2.14. The molecular formula is C17H11ClF3NO3. The number of alkyl halides is 3. The van der Waals surface area contributed by atoms with Crippen LogP contribution < -0.4 is 5.32 Å². The zero-order valence-electron chi connectivity index (χ0n) is 12.5. The van der Waals surface area contributed by atoms with Crippen molar-refractivity contribution in [2.75, 3.05) is 5.32 Å². The highest BCUT2D eigenvalue weighted by Crippen LogP contribution is 2.30. The van der Waals surface area contributed by atoms with Crippen molar-refractivity contribution in [2.45, 2.75) is 6.18 Å². The Balaban J connectivity index is 2.32. The van der Waals surface area contributed by atoms with Gasteiger partial charge in [-0.2, -0.15) is 13.2 Å². The Morgan fingerprint density at radius 2 is 1.84 bits per heavy atom. The number of halogens is 4. The number of benzene rings is 2. The number of carboxylic acid groups (broad SMARTS) is 1. The van der Waals surface area contributed by atoms with Crippen molar-refractivity contribution in [3.05, 3.63) is 70.3 Å². The molecule has 0 aliphatic carbocycles. The summed E-state index contributed by atoms with van der Waals surface area (Å²) >= 11 is 5.85. The van der Waals surface area contributed by atoms with Crippen LogP contribution in [0.3, 0.4) is 0 Å². The summed E-state index contributed by atoms with van der Waals surface area (Å²) in [5, 5.41) is 11.4. The first-order valence-electron chi connectivity index (χ1n) is 6.86. The molecule has 0 bridgehead atoms. The smallest absolute Gasteiger partial charge is 0.416 e. The second-order valence-electron chi connectivity index (χ2n) is 4.94. The van der Waals surface area contributed by atoms with E-state index in [-0.39, 0.29) is 16.3 Å². The Hall–Kier alpha value is -2.80. The molecule has 0 spiro atoms. The van der Waals surface area contributed by atoms with Crippen molar-refractivity contribution in [1.29, 1.82) is 0 Å². The van der Waals surface area contributed by atoms with Crippen LogP contribution in [0.25, 0.3) is 6.08 Å². The molecule has 0 aliphatic rings. The largest absolute Gasteiger partial charge is 0.478 e. The molecule has 0 unspecified atom stereocenters. The van der Waals surface area contributed by atoms with Gasteiger partial charge in [0.15, 0.2) is 0 Å². The lowest BCUT2D eigenvalue weighted by Gasteiger charge is -2.11. The minimum atomic E-state index is -4.57. The van der Waals surface area contributed by atoms with Crippen molar-refractivity contribution in [2.24, 2.45) is 0 Å². The third kappa shape index (κ3) is 5.09. The van der Waals surface area contributed by atoms with Crippen molar-refractivity contribution in [3.8, 4) is 0 Å². The van der Waals surface area contributed by atoms with E-state index in [9.17, 15) is 22.8 Å². The van der Waals surface area contributed by atoms with Crippen molar-refractivity contribution < 1.29 is 27.9 Å². The molecule has 0 atom stereocenters. The predicted molar refractivity (Wildman–Crippen MR) is 87.5 cm³/mol. The number of aliphatic carboxylic acids is 1. The van der Waals surface area contributed by atoms with Gasteiger partial charge in [0.1, 0.15) is 0 Å². The highest BCUT2D eigenvalue weighted by atomic mass is 35.5. The van der Waals surface area contributed by atoms with E-state index < -0.39 is 23.6 Å². The second-order valence-corrected chi connectivity index (χ2v) is 5.37. The number of amides is 1. The van der Waals surface area contributed by atoms with E-state index in [0.717, 1.165) is 24.3 Å². The van der Waals surface area contributed by atoms with E-state index in [2.05, 4.69) is 5.32 Å². The average Bonchev–Trinajstić information content (AvgIpc) is 2.53. The standard InChI is InChI=1S/C17H11ClF3NO3/c18-13-6-4-10(5-7-15(23)24)14(9-13)22-16(25)11-2-1-3-12(8-11)17(19,20)21/h1-9H,(H,22,25)(H,23,24)/b7-5+. The normalized spacial score (nSPS) is 11.5. The van der Waals surface area contributed by atoms with Crippen LogP contribution in [0, 0.1) is 0 Å². The molecule has 130 valence electrons. The number of carbonyl (C=O) groups excluding carboxylic acids is 1. The Labute approximate surface area is 145 Å². The van der Waals surface area contributed by atoms with Gasteiger partial charge in [-0.3, -0.25) is 4.79 Å². The quantitative estimate of drug-likeness (QED) is 0.767. The van der Waals surface area contributed by atoms with E-state index in [4.69, 9.17) is 16.7 Å². The summed E-state index contributed by atoms with van der Waals surface area (Å²) in [6.07, 6.45) is -2.47. The first kappa shape index (κ1) is 18.5. The molecule has 25 heavy (non-hydrogen) atoms. The average molecular weight is 370 g/mol. The number of carboxylic acids is 1. The first-order chi connectivity index (χ1) is 11.7. The lowest BCUT2D eigenvalue weighted by atomic mass is 10.1. The molecule has 0 saturated carbocycles. The van der Waals surface area contributed by atoms with Crippen LogP contribution in [0.15, 0.2) is 48.5 Å². The van der Waals surface area contributed by atoms with Crippen LogP contribution in [-0.2, 0) is 11.0 Å². The molecule has 8 heteroatoms. The molecule has 0 radical (unpaired) electrons. The third-order valence-corrected chi connectivity index (χ3v) is 3.36. The van der Waals surface area contributed by atoms with Crippen LogP contribution in [0.1, 0.15) is 21.5 Å². The molecule has 0 fully saturated rings. The predicted octanol–water partition coefficient (Wildman–Crippen LogP) is 4.71. The van der Waals surface area contributed by atoms with Gasteiger partial charge in [0.25, 0.3) is 5.91 Å². The highest BCUT2D eigenvalue weighted by Gasteiger charge is 2.30. The molecule has 0 saturated heterocycles. The molecule has 2 N–H and O–H groups in total. The number of carbonyl (C=O) groups is 2. The van der Waals surface area contributed by atoms with Gasteiger partial charge in [-0.1, -0.05) is 23.7 Å². The molecule has 2 aromatic rings. The molecule has 0 heterocycles. The van der Waals surface area contributed by atoms with Crippen molar-refractivity contribution in [1.82, 2.24) is 0 Å². The van der Waals surface area contributed by atoms with E-state index in [1.807, 2.05) is 0 Å². The topological polar surface area (TPSA) is 66.4 Å². The maximum Gasteiger partial charge on any atom is 0.416 e. The summed E-state index contributed by atoms with van der Waals surface area (Å²) in [5.74, 6) is -1.97. The van der Waals surface area contributed by atoms with E-state index in [1.165, 1.54) is 30.3 Å². The summed E-state index contributed by atoms with van der Waals surface area (Å²) in [4.78, 5) is 22.9. The number of anilines is 1. The molecule has 2 aromatic carbocycles. The van der Waals surface area contributed by atoms with Crippen molar-refractivity contribution in [3.63, 3.8) is 0 Å². The van der Waals surface area contributed by atoms with E-state index in [0.29, 0.717) is 5.56 Å². The van der Waals surface area contributed by atoms with Gasteiger partial charge in [0.05, 0.1) is 5.56 Å². The van der Waals surface area contributed by atoms with Crippen LogP contribution in [0.4, 0.5) is 18.9 Å². The maximum absolute atomic E-state index is 12.7. The van der Waals surface area contributed by atoms with Gasteiger partial charge in [0.2, 0.25) is 0 Å². The minimum absolute atomic E-state index is 0.174. The SMILES string of the molecule is O=C(O)/C=C/c1ccc(Cl)cc1NC(=O)c1cccc(C(F)(F)F)c1. The molecule has 0 aliphatic heterocycles. The number of hydrogen-bond acceptors (Lipinski definition) is 2. The monoisotopic (exact) mass is 369 g/mol. The third-order valence-electron chi connectivity index (χ3n) is 3.12. The molecule has 2 rings (SSSR count). The van der Waals surface area contributed by atoms with Crippen LogP contribution in [-0.4, -0.2) is 17.0 Å². The minimum Gasteiger partial charge on any atom is -0.478 e. The summed E-state index contributed by atoms with van der Waals surface area (Å²) in [7, 11) is 0. The van der Waals surface area contributed by atoms with Gasteiger partial charge in [0, 0.05) is 22.3 Å². The fraction of sp³-hybridized carbons (Fsp3) is 0.0588. The van der Waals surface area contributed by atoms with Gasteiger partial charge in [-0.15, -0.1) is 0 Å². The Bertz CT molecular complexity index is 847. The zero-order valence-corrected chi connectivity index (χ0v) is 13.2. The summed E-state index contributed by atoms with van der Waals surface area (Å²) in [6, 6.07) is 8.29. The fourth-order valence-electron chi connectivity index (χ4n) is 1.97. The Kier molecular flexibility index (Phi) is 5.48. The van der Waals surface area contributed by atoms with E-state index >= 15 is 0 Å². The van der Waals surface area contributed by atoms with Crippen LogP contribution >= 0.6 is 11.6 Å². The first-order valence-corrected chi connectivity index (χ1v) is 7.24. The van der Waals surface area contributed by atoms with Gasteiger partial charge in [-0.25, -0.2) is 4.79 Å². The Morgan fingerprint density at radius 1 is 1.12 bits per heavy atom. The van der Waals surface area contributed by atoms with Crippen LogP contribution in [0.2, 0.25) is 5.02 Å². The van der Waals surface area contributed by atoms with E-state index in [1.54, 1.807) is 0 Å². The van der Waals surface area contributed by atoms with Crippen molar-refractivity contribution >= 4 is 35.2 Å². The molecule has 1 amide bonds. The zero-order chi connectivity index (χ0) is 18.6. The summed E-state index contributed by atoms with van der Waals surface area (Å²) < 4.78 is 38.2. The molecule has 0 aromatic heterocycles. The number of hydrogen-bond donors (Lipinski definition) is 2.